The van der Waals surface area contributed by atoms with E-state index in [0.29, 0.717) is 5.92 Å². The topological polar surface area (TPSA) is 38.1 Å². The van der Waals surface area contributed by atoms with Crippen LogP contribution in [0, 0.1) is 5.92 Å². The third kappa shape index (κ3) is 1.82. The summed E-state index contributed by atoms with van der Waals surface area (Å²) in [6, 6.07) is 0. The highest BCUT2D eigenvalue weighted by Gasteiger charge is 2.27. The summed E-state index contributed by atoms with van der Waals surface area (Å²) in [6.45, 7) is 3.03. The van der Waals surface area contributed by atoms with Crippen LogP contribution in [0.5, 0.6) is 0 Å². The van der Waals surface area contributed by atoms with E-state index in [0.717, 1.165) is 24.1 Å². The largest absolute Gasteiger partial charge is 0.444 e. The Morgan fingerprint density at radius 3 is 3.07 bits per heavy atom. The maximum atomic E-state index is 5.70. The minimum absolute atomic E-state index is 0.605. The van der Waals surface area contributed by atoms with Gasteiger partial charge in [0.2, 0.25) is 5.89 Å². The van der Waals surface area contributed by atoms with Gasteiger partial charge in [0, 0.05) is 5.92 Å². The summed E-state index contributed by atoms with van der Waals surface area (Å²) in [5.74, 6) is 3.25. The fraction of sp³-hybridized carbons (Fsp3) is 0.727. The fourth-order valence-electron chi connectivity index (χ4n) is 2.30. The van der Waals surface area contributed by atoms with Crippen LogP contribution in [0.4, 0.5) is 0 Å². The molecule has 1 aromatic rings. The maximum absolute atomic E-state index is 5.70. The van der Waals surface area contributed by atoms with Gasteiger partial charge in [-0.1, -0.05) is 13.3 Å². The van der Waals surface area contributed by atoms with E-state index in [1.807, 2.05) is 13.2 Å². The third-order valence-corrected chi connectivity index (χ3v) is 3.13. The van der Waals surface area contributed by atoms with Crippen LogP contribution in [0.25, 0.3) is 0 Å². The normalized spacial score (nSPS) is 27.0. The van der Waals surface area contributed by atoms with E-state index in [1.54, 1.807) is 0 Å². The van der Waals surface area contributed by atoms with Crippen LogP contribution in [0.2, 0.25) is 0 Å². The van der Waals surface area contributed by atoms with Crippen LogP contribution in [0.3, 0.4) is 0 Å². The van der Waals surface area contributed by atoms with Gasteiger partial charge in [-0.15, -0.1) is 0 Å². The molecule has 0 aromatic carbocycles. The number of hydrogen-bond acceptors (Lipinski definition) is 3. The summed E-state index contributed by atoms with van der Waals surface area (Å²) >= 11 is 0. The van der Waals surface area contributed by atoms with Crippen LogP contribution in [-0.2, 0) is 6.54 Å². The average Bonchev–Trinajstić information content (AvgIpc) is 2.74. The molecule has 0 radical (unpaired) electrons. The van der Waals surface area contributed by atoms with Crippen molar-refractivity contribution in [1.29, 1.82) is 0 Å². The molecule has 1 fully saturated rings. The van der Waals surface area contributed by atoms with Gasteiger partial charge in [-0.2, -0.15) is 0 Å². The van der Waals surface area contributed by atoms with Gasteiger partial charge in [0.05, 0.1) is 12.7 Å². The Morgan fingerprint density at radius 2 is 2.43 bits per heavy atom. The smallest absolute Gasteiger partial charge is 0.208 e. The summed E-state index contributed by atoms with van der Waals surface area (Å²) in [6.07, 6.45) is 5.81. The quantitative estimate of drug-likeness (QED) is 0.802. The van der Waals surface area contributed by atoms with Crippen molar-refractivity contribution in [3.8, 4) is 0 Å². The molecule has 2 unspecified atom stereocenters. The molecule has 14 heavy (non-hydrogen) atoms. The van der Waals surface area contributed by atoms with Crippen molar-refractivity contribution in [3.05, 3.63) is 17.8 Å². The van der Waals surface area contributed by atoms with E-state index in [9.17, 15) is 0 Å². The lowest BCUT2D eigenvalue weighted by Gasteiger charge is -2.10. The molecular formula is C11H18N2O. The Hall–Kier alpha value is -0.830. The highest BCUT2D eigenvalue weighted by Crippen LogP contribution is 2.39. The van der Waals surface area contributed by atoms with Crippen LogP contribution in [-0.4, -0.2) is 12.0 Å². The number of rotatable bonds is 3. The third-order valence-electron chi connectivity index (χ3n) is 3.13. The molecule has 0 saturated heterocycles. The lowest BCUT2D eigenvalue weighted by molar-refractivity contribution is 0.384. The molecule has 3 nitrogen and oxygen atoms in total. The van der Waals surface area contributed by atoms with Crippen molar-refractivity contribution in [2.75, 3.05) is 7.05 Å². The lowest BCUT2D eigenvalue weighted by Crippen LogP contribution is -2.05. The molecule has 3 heteroatoms. The number of hydrogen-bond donors (Lipinski definition) is 1. The molecule has 1 aromatic heterocycles. The summed E-state index contributed by atoms with van der Waals surface area (Å²) in [5.41, 5.74) is 0. The van der Waals surface area contributed by atoms with Crippen LogP contribution >= 0.6 is 0 Å². The number of oxazole rings is 1. The number of nitrogens with one attached hydrogen (secondary N) is 1. The van der Waals surface area contributed by atoms with Gasteiger partial charge in [-0.3, -0.25) is 0 Å². The van der Waals surface area contributed by atoms with Crippen molar-refractivity contribution < 1.29 is 4.42 Å². The molecule has 1 aliphatic rings. The molecule has 0 amide bonds. The first kappa shape index (κ1) is 9.71. The molecule has 0 bridgehead atoms. The van der Waals surface area contributed by atoms with Gasteiger partial charge in [0.15, 0.2) is 0 Å². The summed E-state index contributed by atoms with van der Waals surface area (Å²) in [4.78, 5) is 4.26. The zero-order valence-corrected chi connectivity index (χ0v) is 8.92. The molecule has 78 valence electrons. The molecule has 1 saturated carbocycles. The standard InChI is InChI=1S/C11H18N2O/c1-8-4-3-5-9(8)10-6-13-11(14-10)7-12-2/h6,8-9,12H,3-5,7H2,1-2H3. The van der Waals surface area contributed by atoms with Crippen molar-refractivity contribution in [3.63, 3.8) is 0 Å². The van der Waals surface area contributed by atoms with Crippen LogP contribution in [0.1, 0.15) is 43.8 Å². The van der Waals surface area contributed by atoms with Crippen molar-refractivity contribution in [1.82, 2.24) is 10.3 Å². The first-order valence-electron chi connectivity index (χ1n) is 5.40. The molecule has 1 aliphatic carbocycles. The monoisotopic (exact) mass is 194 g/mol. The van der Waals surface area contributed by atoms with Gasteiger partial charge in [0.1, 0.15) is 5.76 Å². The van der Waals surface area contributed by atoms with Gasteiger partial charge in [-0.25, -0.2) is 4.98 Å². The van der Waals surface area contributed by atoms with Crippen molar-refractivity contribution >= 4 is 0 Å². The van der Waals surface area contributed by atoms with E-state index >= 15 is 0 Å². The molecule has 2 atom stereocenters. The van der Waals surface area contributed by atoms with Gasteiger partial charge < -0.3 is 9.73 Å². The van der Waals surface area contributed by atoms with Crippen LogP contribution in [0.15, 0.2) is 10.6 Å². The van der Waals surface area contributed by atoms with Crippen molar-refractivity contribution in [2.45, 2.75) is 38.6 Å². The summed E-state index contributed by atoms with van der Waals surface area (Å²) < 4.78 is 5.70. The molecular weight excluding hydrogens is 176 g/mol. The predicted octanol–water partition coefficient (Wildman–Crippen LogP) is 2.30. The Morgan fingerprint density at radius 1 is 1.57 bits per heavy atom. The molecule has 1 heterocycles. The Labute approximate surface area is 84.9 Å². The molecule has 1 N–H and O–H groups in total. The zero-order chi connectivity index (χ0) is 9.97. The van der Waals surface area contributed by atoms with Gasteiger partial charge in [-0.05, 0) is 25.8 Å². The average molecular weight is 194 g/mol. The minimum Gasteiger partial charge on any atom is -0.444 e. The zero-order valence-electron chi connectivity index (χ0n) is 8.92. The van der Waals surface area contributed by atoms with E-state index < -0.39 is 0 Å². The second kappa shape index (κ2) is 4.13. The van der Waals surface area contributed by atoms with E-state index in [-0.39, 0.29) is 0 Å². The van der Waals surface area contributed by atoms with Gasteiger partial charge >= 0.3 is 0 Å². The summed E-state index contributed by atoms with van der Waals surface area (Å²) in [7, 11) is 1.90. The minimum atomic E-state index is 0.605. The number of aromatic nitrogens is 1. The van der Waals surface area contributed by atoms with Crippen LogP contribution < -0.4 is 5.32 Å². The van der Waals surface area contributed by atoms with Gasteiger partial charge in [0.25, 0.3) is 0 Å². The second-order valence-corrected chi connectivity index (χ2v) is 4.20. The fourth-order valence-corrected chi connectivity index (χ4v) is 2.30. The lowest BCUT2D eigenvalue weighted by atomic mass is 9.96. The molecule has 2 rings (SSSR count). The summed E-state index contributed by atoms with van der Waals surface area (Å²) in [5, 5.41) is 3.04. The Balaban J connectivity index is 2.08. The molecule has 0 spiro atoms. The SMILES string of the molecule is CNCc1ncc(C2CCCC2C)o1. The highest BCUT2D eigenvalue weighted by molar-refractivity contribution is 5.05. The first-order chi connectivity index (χ1) is 6.81. The highest BCUT2D eigenvalue weighted by atomic mass is 16.4. The second-order valence-electron chi connectivity index (χ2n) is 4.20. The first-order valence-corrected chi connectivity index (χ1v) is 5.40. The Kier molecular flexibility index (Phi) is 2.87. The predicted molar refractivity (Wildman–Crippen MR) is 55.0 cm³/mol. The van der Waals surface area contributed by atoms with E-state index in [4.69, 9.17) is 4.42 Å². The van der Waals surface area contributed by atoms with E-state index in [2.05, 4.69) is 17.2 Å². The number of nitrogens with zero attached hydrogens (tertiary/aromatic N) is 1. The van der Waals surface area contributed by atoms with Crippen molar-refractivity contribution in [2.24, 2.45) is 5.92 Å². The van der Waals surface area contributed by atoms with E-state index in [1.165, 1.54) is 19.3 Å². The molecule has 0 aliphatic heterocycles. The maximum Gasteiger partial charge on any atom is 0.208 e. The Bertz CT molecular complexity index is 295.